The molecule has 1 saturated heterocycles. The van der Waals surface area contributed by atoms with Crippen molar-refractivity contribution < 1.29 is 12.9 Å². The number of anilines is 1. The van der Waals surface area contributed by atoms with Gasteiger partial charge in [0, 0.05) is 24.4 Å². The maximum absolute atomic E-state index is 11.9. The van der Waals surface area contributed by atoms with Crippen LogP contribution in [0, 0.1) is 0 Å². The van der Waals surface area contributed by atoms with Gasteiger partial charge in [0.25, 0.3) is 5.89 Å². The Balaban J connectivity index is 1.53. The molecule has 1 saturated carbocycles. The maximum atomic E-state index is 11.9. The summed E-state index contributed by atoms with van der Waals surface area (Å²) in [5.41, 5.74) is 2.11. The zero-order valence-corrected chi connectivity index (χ0v) is 16.3. The van der Waals surface area contributed by atoms with Gasteiger partial charge in [-0.3, -0.25) is 4.40 Å². The number of para-hydroxylation sites is 1. The van der Waals surface area contributed by atoms with Crippen molar-refractivity contribution in [1.82, 2.24) is 24.5 Å². The number of sulfone groups is 1. The van der Waals surface area contributed by atoms with E-state index in [1.807, 2.05) is 33.6 Å². The Morgan fingerprint density at radius 1 is 1.07 bits per heavy atom. The van der Waals surface area contributed by atoms with E-state index in [9.17, 15) is 8.42 Å². The second-order valence-electron chi connectivity index (χ2n) is 7.61. The predicted octanol–water partition coefficient (Wildman–Crippen LogP) is 2.04. The van der Waals surface area contributed by atoms with Crippen molar-refractivity contribution in [2.45, 2.75) is 18.8 Å². The van der Waals surface area contributed by atoms with Crippen LogP contribution < -0.4 is 4.90 Å². The average molecular weight is 410 g/mol. The van der Waals surface area contributed by atoms with Crippen molar-refractivity contribution in [1.29, 1.82) is 0 Å². The molecule has 0 atom stereocenters. The quantitative estimate of drug-likeness (QED) is 0.505. The van der Waals surface area contributed by atoms with E-state index in [0.29, 0.717) is 36.2 Å². The van der Waals surface area contributed by atoms with Crippen LogP contribution in [0.15, 0.2) is 35.1 Å². The highest BCUT2D eigenvalue weighted by Crippen LogP contribution is 2.39. The van der Waals surface area contributed by atoms with Gasteiger partial charge in [0.1, 0.15) is 12.1 Å². The molecule has 3 aromatic heterocycles. The summed E-state index contributed by atoms with van der Waals surface area (Å²) < 4.78 is 31.1. The maximum Gasteiger partial charge on any atom is 0.280 e. The highest BCUT2D eigenvalue weighted by Gasteiger charge is 2.30. The molecule has 10 heteroatoms. The molecule has 29 heavy (non-hydrogen) atoms. The van der Waals surface area contributed by atoms with Gasteiger partial charge in [-0.2, -0.15) is 4.98 Å². The van der Waals surface area contributed by atoms with Crippen LogP contribution in [0.25, 0.3) is 28.1 Å². The average Bonchev–Trinajstić information content (AvgIpc) is 3.30. The Bertz CT molecular complexity index is 1340. The molecule has 148 valence electrons. The van der Waals surface area contributed by atoms with Crippen LogP contribution in [-0.2, 0) is 9.84 Å². The monoisotopic (exact) mass is 410 g/mol. The number of fused-ring (bicyclic) bond motifs is 3. The van der Waals surface area contributed by atoms with Crippen molar-refractivity contribution in [3.8, 4) is 11.6 Å². The Morgan fingerprint density at radius 3 is 2.66 bits per heavy atom. The first-order chi connectivity index (χ1) is 14.1. The summed E-state index contributed by atoms with van der Waals surface area (Å²) in [7, 11) is -2.98. The number of imidazole rings is 1. The van der Waals surface area contributed by atoms with Gasteiger partial charge in [-0.05, 0) is 25.0 Å². The first-order valence-electron chi connectivity index (χ1n) is 9.64. The molecule has 0 amide bonds. The van der Waals surface area contributed by atoms with E-state index >= 15 is 0 Å². The summed E-state index contributed by atoms with van der Waals surface area (Å²) in [4.78, 5) is 15.9. The molecule has 0 unspecified atom stereocenters. The van der Waals surface area contributed by atoms with Crippen LogP contribution in [0.3, 0.4) is 0 Å². The lowest BCUT2D eigenvalue weighted by atomic mass is 10.2. The molecule has 9 nitrogen and oxygen atoms in total. The highest BCUT2D eigenvalue weighted by molar-refractivity contribution is 7.91. The van der Waals surface area contributed by atoms with Crippen LogP contribution in [0.5, 0.6) is 0 Å². The molecule has 0 spiro atoms. The number of hydrogen-bond donors (Lipinski definition) is 0. The second kappa shape index (κ2) is 5.99. The Hall–Kier alpha value is -3.01. The third-order valence-electron chi connectivity index (χ3n) is 5.59. The van der Waals surface area contributed by atoms with Crippen LogP contribution in [0.4, 0.5) is 5.82 Å². The summed E-state index contributed by atoms with van der Waals surface area (Å²) in [6.45, 7) is 0.844. The smallest absolute Gasteiger partial charge is 0.280 e. The van der Waals surface area contributed by atoms with Crippen LogP contribution in [0.1, 0.15) is 24.6 Å². The summed E-state index contributed by atoms with van der Waals surface area (Å²) in [6, 6.07) is 7.92. The summed E-state index contributed by atoms with van der Waals surface area (Å²) in [5.74, 6) is 2.50. The normalized spacial score (nSPS) is 19.2. The number of rotatable bonds is 3. The predicted molar refractivity (Wildman–Crippen MR) is 107 cm³/mol. The zero-order valence-electron chi connectivity index (χ0n) is 15.5. The van der Waals surface area contributed by atoms with E-state index in [-0.39, 0.29) is 11.5 Å². The van der Waals surface area contributed by atoms with Crippen LogP contribution in [0.2, 0.25) is 0 Å². The summed E-state index contributed by atoms with van der Waals surface area (Å²) in [6.07, 6.45) is 3.90. The van der Waals surface area contributed by atoms with E-state index in [1.165, 1.54) is 0 Å². The minimum Gasteiger partial charge on any atom is -0.354 e. The Kier molecular flexibility index (Phi) is 3.49. The number of benzene rings is 1. The first-order valence-corrected chi connectivity index (χ1v) is 11.5. The van der Waals surface area contributed by atoms with Crippen molar-refractivity contribution in [2.75, 3.05) is 29.5 Å². The topological polar surface area (TPSA) is 106 Å². The minimum atomic E-state index is -2.98. The fraction of sp³-hybridized carbons (Fsp3) is 0.368. The third-order valence-corrected chi connectivity index (χ3v) is 7.20. The molecule has 0 bridgehead atoms. The summed E-state index contributed by atoms with van der Waals surface area (Å²) >= 11 is 0. The molecule has 1 aromatic carbocycles. The largest absolute Gasteiger partial charge is 0.354 e. The Labute approximate surface area is 166 Å². The van der Waals surface area contributed by atoms with Gasteiger partial charge in [0.2, 0.25) is 0 Å². The SMILES string of the molecule is O=S1(=O)CCN(c2nc3c(-c4nc(C5CC5)no4)ncn3c3ccccc23)CC1. The van der Waals surface area contributed by atoms with Gasteiger partial charge in [-0.15, -0.1) is 0 Å². The standard InChI is InChI=1S/C19H18N6O3S/c26-29(27)9-7-24(8-10-29)17-13-3-1-2-4-14(13)25-11-20-15(18(25)22-17)19-21-16(23-28-19)12-5-6-12/h1-4,11-12H,5-10H2. The van der Waals surface area contributed by atoms with Gasteiger partial charge in [0.05, 0.1) is 17.0 Å². The molecule has 0 radical (unpaired) electrons. The van der Waals surface area contributed by atoms with E-state index < -0.39 is 9.84 Å². The number of hydrogen-bond acceptors (Lipinski definition) is 8. The fourth-order valence-electron chi connectivity index (χ4n) is 3.81. The summed E-state index contributed by atoms with van der Waals surface area (Å²) in [5, 5.41) is 5.04. The van der Waals surface area contributed by atoms with Crippen LogP contribution in [-0.4, -0.2) is 57.5 Å². The Morgan fingerprint density at radius 2 is 1.86 bits per heavy atom. The molecule has 4 heterocycles. The van der Waals surface area contributed by atoms with E-state index in [2.05, 4.69) is 15.1 Å². The van der Waals surface area contributed by atoms with Gasteiger partial charge in [-0.1, -0.05) is 17.3 Å². The first kappa shape index (κ1) is 16.9. The minimum absolute atomic E-state index is 0.134. The number of nitrogens with zero attached hydrogens (tertiary/aromatic N) is 6. The van der Waals surface area contributed by atoms with Crippen molar-refractivity contribution in [3.05, 3.63) is 36.4 Å². The van der Waals surface area contributed by atoms with Crippen molar-refractivity contribution in [2.24, 2.45) is 0 Å². The van der Waals surface area contributed by atoms with Gasteiger partial charge >= 0.3 is 0 Å². The van der Waals surface area contributed by atoms with Gasteiger partial charge in [0.15, 0.2) is 27.0 Å². The molecule has 2 fully saturated rings. The number of aromatic nitrogens is 5. The lowest BCUT2D eigenvalue weighted by Crippen LogP contribution is -2.40. The van der Waals surface area contributed by atoms with E-state index in [0.717, 1.165) is 35.4 Å². The third kappa shape index (κ3) is 2.78. The van der Waals surface area contributed by atoms with Crippen molar-refractivity contribution >= 4 is 32.2 Å². The van der Waals surface area contributed by atoms with Gasteiger partial charge < -0.3 is 9.42 Å². The van der Waals surface area contributed by atoms with Crippen molar-refractivity contribution in [3.63, 3.8) is 0 Å². The van der Waals surface area contributed by atoms with Crippen LogP contribution >= 0.6 is 0 Å². The molecule has 2 aliphatic rings. The molecule has 1 aliphatic heterocycles. The fourth-order valence-corrected chi connectivity index (χ4v) is 5.01. The zero-order chi connectivity index (χ0) is 19.6. The molecule has 1 aliphatic carbocycles. The van der Waals surface area contributed by atoms with E-state index in [4.69, 9.17) is 9.51 Å². The lowest BCUT2D eigenvalue weighted by Gasteiger charge is -2.28. The molecule has 0 N–H and O–H groups in total. The molecular weight excluding hydrogens is 392 g/mol. The highest BCUT2D eigenvalue weighted by atomic mass is 32.2. The lowest BCUT2D eigenvalue weighted by molar-refractivity contribution is 0.422. The molecule has 6 rings (SSSR count). The second-order valence-corrected chi connectivity index (χ2v) is 9.91. The van der Waals surface area contributed by atoms with Gasteiger partial charge in [-0.25, -0.2) is 18.4 Å². The molecular formula is C19H18N6O3S. The molecule has 4 aromatic rings. The van der Waals surface area contributed by atoms with E-state index in [1.54, 1.807) is 6.33 Å².